The van der Waals surface area contributed by atoms with E-state index in [0.29, 0.717) is 22.9 Å². The molecule has 7 nitrogen and oxygen atoms in total. The second kappa shape index (κ2) is 7.87. The highest BCUT2D eigenvalue weighted by Gasteiger charge is 2.27. The predicted octanol–water partition coefficient (Wildman–Crippen LogP) is 3.46. The molecule has 0 unspecified atom stereocenters. The van der Waals surface area contributed by atoms with E-state index < -0.39 is 0 Å². The van der Waals surface area contributed by atoms with Gasteiger partial charge in [0.25, 0.3) is 5.91 Å². The smallest absolute Gasteiger partial charge is 0.270 e. The summed E-state index contributed by atoms with van der Waals surface area (Å²) in [5.74, 6) is 1.90. The second-order valence-corrected chi connectivity index (χ2v) is 6.84. The summed E-state index contributed by atoms with van der Waals surface area (Å²) >= 11 is 0. The van der Waals surface area contributed by atoms with Gasteiger partial charge >= 0.3 is 0 Å². The third kappa shape index (κ3) is 3.89. The molecule has 150 valence electrons. The number of nitrogens with one attached hydrogen (secondary N) is 1. The minimum absolute atomic E-state index is 0.144. The lowest BCUT2D eigenvalue weighted by molar-refractivity contribution is 0.0943. The van der Waals surface area contributed by atoms with Gasteiger partial charge in [-0.2, -0.15) is 5.10 Å². The minimum Gasteiger partial charge on any atom is -0.497 e. The molecule has 0 atom stereocenters. The zero-order valence-corrected chi connectivity index (χ0v) is 16.6. The van der Waals surface area contributed by atoms with Gasteiger partial charge in [-0.1, -0.05) is 0 Å². The van der Waals surface area contributed by atoms with E-state index in [-0.39, 0.29) is 11.9 Å². The molecule has 1 fully saturated rings. The van der Waals surface area contributed by atoms with Gasteiger partial charge in [0.05, 0.1) is 32.7 Å². The first-order valence-electron chi connectivity index (χ1n) is 9.40. The van der Waals surface area contributed by atoms with E-state index in [0.717, 1.165) is 29.8 Å². The number of benzene rings is 2. The number of amides is 1. The Hall–Kier alpha value is -3.48. The van der Waals surface area contributed by atoms with Crippen LogP contribution in [0.1, 0.15) is 23.3 Å². The monoisotopic (exact) mass is 393 g/mol. The first-order valence-corrected chi connectivity index (χ1v) is 9.40. The Labute approximate surface area is 169 Å². The molecule has 1 N–H and O–H groups in total. The summed E-state index contributed by atoms with van der Waals surface area (Å²) in [7, 11) is 4.82. The summed E-state index contributed by atoms with van der Waals surface area (Å²) in [5.41, 5.74) is 2.66. The van der Waals surface area contributed by atoms with Gasteiger partial charge in [-0.05, 0) is 55.3 Å². The molecule has 1 aliphatic rings. The maximum Gasteiger partial charge on any atom is 0.270 e. The summed E-state index contributed by atoms with van der Waals surface area (Å²) in [6.07, 6.45) is 2.03. The third-order valence-corrected chi connectivity index (χ3v) is 4.86. The van der Waals surface area contributed by atoms with Crippen LogP contribution in [-0.4, -0.2) is 43.1 Å². The number of methoxy groups -OCH3 is 3. The van der Waals surface area contributed by atoms with Gasteiger partial charge in [0.1, 0.15) is 22.9 Å². The Kier molecular flexibility index (Phi) is 5.12. The zero-order chi connectivity index (χ0) is 20.4. The Bertz CT molecular complexity index is 1020. The molecule has 3 aromatic rings. The van der Waals surface area contributed by atoms with E-state index in [1.165, 1.54) is 0 Å². The van der Waals surface area contributed by atoms with Crippen molar-refractivity contribution in [2.45, 2.75) is 18.9 Å². The summed E-state index contributed by atoms with van der Waals surface area (Å²) in [6, 6.07) is 15.0. The molecular formula is C22H23N3O4. The highest BCUT2D eigenvalue weighted by molar-refractivity contribution is 5.95. The van der Waals surface area contributed by atoms with Crippen LogP contribution in [0.4, 0.5) is 0 Å². The number of nitrogens with zero attached hydrogens (tertiary/aromatic N) is 2. The molecule has 29 heavy (non-hydrogen) atoms. The van der Waals surface area contributed by atoms with E-state index in [2.05, 4.69) is 5.32 Å². The summed E-state index contributed by atoms with van der Waals surface area (Å²) in [4.78, 5) is 12.9. The number of aromatic nitrogens is 2. The number of carbonyl (C=O) groups excluding carboxylic acids is 1. The third-order valence-electron chi connectivity index (χ3n) is 4.86. The lowest BCUT2D eigenvalue weighted by Gasteiger charge is -2.09. The molecule has 1 saturated carbocycles. The normalized spacial score (nSPS) is 13.1. The van der Waals surface area contributed by atoms with Crippen LogP contribution in [0.3, 0.4) is 0 Å². The fourth-order valence-corrected chi connectivity index (χ4v) is 3.09. The van der Waals surface area contributed by atoms with Crippen LogP contribution in [0, 0.1) is 0 Å². The highest BCUT2D eigenvalue weighted by Crippen LogP contribution is 2.34. The number of hydrogen-bond acceptors (Lipinski definition) is 5. The van der Waals surface area contributed by atoms with Crippen LogP contribution < -0.4 is 19.5 Å². The quantitative estimate of drug-likeness (QED) is 0.665. The fraction of sp³-hybridized carbons (Fsp3) is 0.273. The van der Waals surface area contributed by atoms with Crippen molar-refractivity contribution in [3.63, 3.8) is 0 Å². The average molecular weight is 393 g/mol. The Morgan fingerprint density at radius 3 is 2.28 bits per heavy atom. The molecule has 1 heterocycles. The average Bonchev–Trinajstić information content (AvgIpc) is 3.47. The van der Waals surface area contributed by atoms with Gasteiger partial charge in [0, 0.05) is 17.7 Å². The van der Waals surface area contributed by atoms with Gasteiger partial charge in [0.2, 0.25) is 0 Å². The van der Waals surface area contributed by atoms with Crippen molar-refractivity contribution in [2.24, 2.45) is 0 Å². The summed E-state index contributed by atoms with van der Waals surface area (Å²) in [5, 5.41) is 7.75. The molecule has 0 spiro atoms. The van der Waals surface area contributed by atoms with Crippen molar-refractivity contribution in [3.05, 3.63) is 54.2 Å². The van der Waals surface area contributed by atoms with Gasteiger partial charge < -0.3 is 19.5 Å². The van der Waals surface area contributed by atoms with Crippen molar-refractivity contribution >= 4 is 5.91 Å². The Balaban J connectivity index is 1.79. The van der Waals surface area contributed by atoms with Crippen LogP contribution in [0.15, 0.2) is 48.5 Å². The minimum atomic E-state index is -0.144. The van der Waals surface area contributed by atoms with Crippen LogP contribution in [0.2, 0.25) is 0 Å². The maximum atomic E-state index is 12.9. The molecule has 4 rings (SSSR count). The van der Waals surface area contributed by atoms with Gasteiger partial charge in [-0.15, -0.1) is 0 Å². The first kappa shape index (κ1) is 18.9. The van der Waals surface area contributed by atoms with Crippen LogP contribution in [0.5, 0.6) is 17.2 Å². The fourth-order valence-electron chi connectivity index (χ4n) is 3.09. The molecule has 1 amide bonds. The molecule has 0 saturated heterocycles. The molecule has 1 aromatic heterocycles. The Morgan fingerprint density at radius 2 is 1.66 bits per heavy atom. The van der Waals surface area contributed by atoms with Gasteiger partial charge in [0.15, 0.2) is 0 Å². The lowest BCUT2D eigenvalue weighted by Crippen LogP contribution is -2.27. The topological polar surface area (TPSA) is 74.6 Å². The molecule has 7 heteroatoms. The number of rotatable bonds is 7. The lowest BCUT2D eigenvalue weighted by atomic mass is 10.1. The van der Waals surface area contributed by atoms with E-state index in [9.17, 15) is 4.79 Å². The standard InChI is InChI=1S/C22H23N3O4/c1-27-16-8-6-15(7-9-16)25-20(22(26)23-14-4-5-14)13-19(24-25)18-11-10-17(28-2)12-21(18)29-3/h6-14H,4-5H2,1-3H3,(H,23,26). The van der Waals surface area contributed by atoms with Crippen molar-refractivity contribution < 1.29 is 19.0 Å². The van der Waals surface area contributed by atoms with Gasteiger partial charge in [-0.3, -0.25) is 4.79 Å². The van der Waals surface area contributed by atoms with Crippen molar-refractivity contribution in [1.82, 2.24) is 15.1 Å². The zero-order valence-electron chi connectivity index (χ0n) is 16.6. The van der Waals surface area contributed by atoms with E-state index >= 15 is 0 Å². The first-order chi connectivity index (χ1) is 14.1. The van der Waals surface area contributed by atoms with Crippen LogP contribution in [-0.2, 0) is 0 Å². The second-order valence-electron chi connectivity index (χ2n) is 6.84. The van der Waals surface area contributed by atoms with Crippen LogP contribution >= 0.6 is 0 Å². The van der Waals surface area contributed by atoms with Crippen molar-refractivity contribution in [2.75, 3.05) is 21.3 Å². The number of carbonyl (C=O) groups is 1. The van der Waals surface area contributed by atoms with Crippen LogP contribution in [0.25, 0.3) is 16.9 Å². The van der Waals surface area contributed by atoms with E-state index in [1.807, 2.05) is 36.4 Å². The summed E-state index contributed by atoms with van der Waals surface area (Å²) in [6.45, 7) is 0. The largest absolute Gasteiger partial charge is 0.497 e. The summed E-state index contributed by atoms with van der Waals surface area (Å²) < 4.78 is 17.7. The molecule has 0 aliphatic heterocycles. The SMILES string of the molecule is COc1ccc(-n2nc(-c3ccc(OC)cc3OC)cc2C(=O)NC2CC2)cc1. The molecular weight excluding hydrogens is 370 g/mol. The number of ether oxygens (including phenoxy) is 3. The molecule has 2 aromatic carbocycles. The maximum absolute atomic E-state index is 12.9. The Morgan fingerprint density at radius 1 is 0.966 bits per heavy atom. The van der Waals surface area contributed by atoms with E-state index in [1.54, 1.807) is 38.1 Å². The van der Waals surface area contributed by atoms with Crippen molar-refractivity contribution in [1.29, 1.82) is 0 Å². The van der Waals surface area contributed by atoms with Crippen molar-refractivity contribution in [3.8, 4) is 34.2 Å². The molecule has 0 radical (unpaired) electrons. The molecule has 0 bridgehead atoms. The molecule has 1 aliphatic carbocycles. The predicted molar refractivity (Wildman–Crippen MR) is 109 cm³/mol. The van der Waals surface area contributed by atoms with Gasteiger partial charge in [-0.25, -0.2) is 4.68 Å². The van der Waals surface area contributed by atoms with E-state index in [4.69, 9.17) is 19.3 Å². The highest BCUT2D eigenvalue weighted by atomic mass is 16.5. The number of hydrogen-bond donors (Lipinski definition) is 1.